The van der Waals surface area contributed by atoms with Crippen LogP contribution in [0.5, 0.6) is 11.5 Å². The SMILES string of the molecule is COc1ccc(/C=C(\C#N)C(=O)OCc2csc(-c3cccc(OC)c3)n2)cc1. The van der Waals surface area contributed by atoms with E-state index in [1.165, 1.54) is 17.4 Å². The molecule has 0 spiro atoms. The quantitative estimate of drug-likeness (QED) is 0.327. The fraction of sp³-hybridized carbons (Fsp3) is 0.136. The summed E-state index contributed by atoms with van der Waals surface area (Å²) in [6.07, 6.45) is 1.48. The number of nitriles is 1. The molecule has 0 aliphatic heterocycles. The Bertz CT molecular complexity index is 1060. The highest BCUT2D eigenvalue weighted by molar-refractivity contribution is 7.13. The molecule has 3 aromatic rings. The lowest BCUT2D eigenvalue weighted by molar-refractivity contribution is -0.139. The molecule has 1 heterocycles. The molecule has 7 heteroatoms. The Balaban J connectivity index is 1.65. The number of methoxy groups -OCH3 is 2. The van der Waals surface area contributed by atoms with Crippen LogP contribution in [0.1, 0.15) is 11.3 Å². The van der Waals surface area contributed by atoms with E-state index in [1.807, 2.05) is 35.7 Å². The first-order valence-corrected chi connectivity index (χ1v) is 9.52. The zero-order chi connectivity index (χ0) is 20.6. The van der Waals surface area contributed by atoms with Crippen molar-refractivity contribution in [1.29, 1.82) is 5.26 Å². The van der Waals surface area contributed by atoms with Gasteiger partial charge in [-0.2, -0.15) is 5.26 Å². The molecule has 0 N–H and O–H groups in total. The van der Waals surface area contributed by atoms with Gasteiger partial charge in [0.1, 0.15) is 34.8 Å². The first kappa shape index (κ1) is 20.1. The van der Waals surface area contributed by atoms with Crippen LogP contribution in [0.3, 0.4) is 0 Å². The van der Waals surface area contributed by atoms with Crippen molar-refractivity contribution in [3.8, 4) is 28.1 Å². The highest BCUT2D eigenvalue weighted by atomic mass is 32.1. The van der Waals surface area contributed by atoms with Gasteiger partial charge in [-0.25, -0.2) is 9.78 Å². The zero-order valence-electron chi connectivity index (χ0n) is 15.9. The lowest BCUT2D eigenvalue weighted by atomic mass is 10.1. The molecule has 0 bridgehead atoms. The average Bonchev–Trinajstić information content (AvgIpc) is 3.25. The maximum Gasteiger partial charge on any atom is 0.349 e. The van der Waals surface area contributed by atoms with Gasteiger partial charge in [0.2, 0.25) is 0 Å². The summed E-state index contributed by atoms with van der Waals surface area (Å²) in [6.45, 7) is -0.0130. The second-order valence-corrected chi connectivity index (χ2v) is 6.75. The Morgan fingerprint density at radius 2 is 1.90 bits per heavy atom. The van der Waals surface area contributed by atoms with Gasteiger partial charge >= 0.3 is 5.97 Å². The van der Waals surface area contributed by atoms with Crippen molar-refractivity contribution in [1.82, 2.24) is 4.98 Å². The largest absolute Gasteiger partial charge is 0.497 e. The van der Waals surface area contributed by atoms with E-state index in [0.29, 0.717) is 17.0 Å². The summed E-state index contributed by atoms with van der Waals surface area (Å²) < 4.78 is 15.6. The normalized spacial score (nSPS) is 10.9. The van der Waals surface area contributed by atoms with Gasteiger partial charge < -0.3 is 14.2 Å². The first-order valence-electron chi connectivity index (χ1n) is 8.64. The highest BCUT2D eigenvalue weighted by Crippen LogP contribution is 2.27. The van der Waals surface area contributed by atoms with E-state index in [2.05, 4.69) is 4.98 Å². The molecular weight excluding hydrogens is 388 g/mol. The molecule has 3 rings (SSSR count). The van der Waals surface area contributed by atoms with Crippen molar-refractivity contribution in [2.75, 3.05) is 14.2 Å². The van der Waals surface area contributed by atoms with E-state index in [9.17, 15) is 10.1 Å². The number of thiazole rings is 1. The van der Waals surface area contributed by atoms with Gasteiger partial charge in [-0.3, -0.25) is 0 Å². The number of hydrogen-bond donors (Lipinski definition) is 0. The summed E-state index contributed by atoms with van der Waals surface area (Å²) in [5, 5.41) is 11.9. The summed E-state index contributed by atoms with van der Waals surface area (Å²) in [6, 6.07) is 16.5. The molecule has 1 aromatic heterocycles. The summed E-state index contributed by atoms with van der Waals surface area (Å²) in [4.78, 5) is 16.7. The van der Waals surface area contributed by atoms with Gasteiger partial charge in [-0.15, -0.1) is 11.3 Å². The molecular formula is C22H18N2O4S. The van der Waals surface area contributed by atoms with Crippen LogP contribution in [0.15, 0.2) is 59.5 Å². The molecule has 6 nitrogen and oxygen atoms in total. The van der Waals surface area contributed by atoms with Gasteiger partial charge in [0, 0.05) is 10.9 Å². The number of ether oxygens (including phenoxy) is 3. The van der Waals surface area contributed by atoms with Crippen molar-refractivity contribution in [3.63, 3.8) is 0 Å². The molecule has 29 heavy (non-hydrogen) atoms. The number of carbonyl (C=O) groups excluding carboxylic acids is 1. The molecule has 0 aliphatic rings. The van der Waals surface area contributed by atoms with Crippen molar-refractivity contribution in [2.45, 2.75) is 6.61 Å². The number of rotatable bonds is 7. The Hall–Kier alpha value is -3.63. The van der Waals surface area contributed by atoms with Gasteiger partial charge in [-0.05, 0) is 35.9 Å². The van der Waals surface area contributed by atoms with Crippen LogP contribution in [-0.2, 0) is 16.1 Å². The molecule has 0 radical (unpaired) electrons. The maximum atomic E-state index is 12.3. The monoisotopic (exact) mass is 406 g/mol. The van der Waals surface area contributed by atoms with E-state index in [-0.39, 0.29) is 12.2 Å². The summed E-state index contributed by atoms with van der Waals surface area (Å²) >= 11 is 1.44. The standard InChI is InChI=1S/C22H18N2O4S/c1-26-19-8-6-15(7-9-19)10-17(12-23)22(25)28-13-18-14-29-21(24-18)16-4-3-5-20(11-16)27-2/h3-11,14H,13H2,1-2H3/b17-10+. The molecule has 0 unspecified atom stereocenters. The van der Waals surface area contributed by atoms with E-state index in [1.54, 1.807) is 38.5 Å². The maximum absolute atomic E-state index is 12.3. The summed E-state index contributed by atoms with van der Waals surface area (Å²) in [5.74, 6) is 0.742. The Labute approximate surface area is 172 Å². The number of nitrogens with zero attached hydrogens (tertiary/aromatic N) is 2. The lowest BCUT2D eigenvalue weighted by Gasteiger charge is -2.03. The molecule has 2 aromatic carbocycles. The van der Waals surface area contributed by atoms with Crippen LogP contribution in [-0.4, -0.2) is 25.2 Å². The van der Waals surface area contributed by atoms with Gasteiger partial charge in [0.15, 0.2) is 0 Å². The van der Waals surface area contributed by atoms with Gasteiger partial charge in [-0.1, -0.05) is 24.3 Å². The van der Waals surface area contributed by atoms with Crippen molar-refractivity contribution in [2.24, 2.45) is 0 Å². The number of carbonyl (C=O) groups is 1. The fourth-order valence-electron chi connectivity index (χ4n) is 2.48. The lowest BCUT2D eigenvalue weighted by Crippen LogP contribution is -2.07. The van der Waals surface area contributed by atoms with Crippen LogP contribution < -0.4 is 9.47 Å². The Morgan fingerprint density at radius 3 is 2.59 bits per heavy atom. The third-order valence-corrected chi connectivity index (χ3v) is 4.93. The number of aromatic nitrogens is 1. The number of benzene rings is 2. The molecule has 0 atom stereocenters. The molecule has 0 fully saturated rings. The predicted molar refractivity (Wildman–Crippen MR) is 110 cm³/mol. The fourth-order valence-corrected chi connectivity index (χ4v) is 3.28. The Morgan fingerprint density at radius 1 is 1.14 bits per heavy atom. The molecule has 0 saturated carbocycles. The molecule has 146 valence electrons. The zero-order valence-corrected chi connectivity index (χ0v) is 16.7. The molecule has 0 aliphatic carbocycles. The average molecular weight is 406 g/mol. The topological polar surface area (TPSA) is 81.4 Å². The van der Waals surface area contributed by atoms with Crippen LogP contribution in [0.2, 0.25) is 0 Å². The van der Waals surface area contributed by atoms with Crippen LogP contribution in [0.25, 0.3) is 16.6 Å². The highest BCUT2D eigenvalue weighted by Gasteiger charge is 2.13. The van der Waals surface area contributed by atoms with E-state index in [4.69, 9.17) is 14.2 Å². The third-order valence-electron chi connectivity index (χ3n) is 3.99. The Kier molecular flexibility index (Phi) is 6.61. The van der Waals surface area contributed by atoms with Crippen LogP contribution in [0.4, 0.5) is 0 Å². The molecule has 0 amide bonds. The first-order chi connectivity index (χ1) is 14.1. The second kappa shape index (κ2) is 9.53. The minimum atomic E-state index is -0.695. The van der Waals surface area contributed by atoms with Gasteiger partial charge in [0.05, 0.1) is 19.9 Å². The second-order valence-electron chi connectivity index (χ2n) is 5.90. The predicted octanol–water partition coefficient (Wildman–Crippen LogP) is 4.48. The van der Waals surface area contributed by atoms with Crippen molar-refractivity contribution in [3.05, 3.63) is 70.7 Å². The van der Waals surface area contributed by atoms with E-state index >= 15 is 0 Å². The number of hydrogen-bond acceptors (Lipinski definition) is 7. The minimum absolute atomic E-state index is 0.0130. The van der Waals surface area contributed by atoms with Crippen molar-refractivity contribution >= 4 is 23.4 Å². The van der Waals surface area contributed by atoms with E-state index in [0.717, 1.165) is 16.3 Å². The van der Waals surface area contributed by atoms with E-state index < -0.39 is 5.97 Å². The van der Waals surface area contributed by atoms with Crippen molar-refractivity contribution < 1.29 is 19.0 Å². The van der Waals surface area contributed by atoms with Gasteiger partial charge in [0.25, 0.3) is 0 Å². The van der Waals surface area contributed by atoms with Crippen LogP contribution in [0, 0.1) is 11.3 Å². The summed E-state index contributed by atoms with van der Waals surface area (Å²) in [5.41, 5.74) is 2.15. The third kappa shape index (κ3) is 5.21. The minimum Gasteiger partial charge on any atom is -0.497 e. The smallest absolute Gasteiger partial charge is 0.349 e. The number of esters is 1. The summed E-state index contributed by atoms with van der Waals surface area (Å²) in [7, 11) is 3.18. The molecule has 0 saturated heterocycles. The van der Waals surface area contributed by atoms with Crippen LogP contribution >= 0.6 is 11.3 Å².